The largest absolute Gasteiger partial charge is 0.478 e. The third kappa shape index (κ3) is 3.57. The Labute approximate surface area is 139 Å². The molecule has 0 aliphatic carbocycles. The molecule has 1 fully saturated rings. The van der Waals surface area contributed by atoms with E-state index in [1.165, 1.54) is 12.3 Å². The lowest BCUT2D eigenvalue weighted by atomic mass is 10.2. The van der Waals surface area contributed by atoms with Gasteiger partial charge in [-0.2, -0.15) is 18.3 Å². The van der Waals surface area contributed by atoms with E-state index in [1.807, 2.05) is 0 Å². The van der Waals surface area contributed by atoms with Crippen molar-refractivity contribution in [3.05, 3.63) is 41.1 Å². The molecule has 0 aromatic carbocycles. The van der Waals surface area contributed by atoms with Gasteiger partial charge in [0.15, 0.2) is 17.3 Å². The highest BCUT2D eigenvalue weighted by molar-refractivity contribution is 5.88. The van der Waals surface area contributed by atoms with Gasteiger partial charge in [0, 0.05) is 25.5 Å². The van der Waals surface area contributed by atoms with Crippen LogP contribution in [-0.2, 0) is 12.7 Å². The molecule has 10 heteroatoms. The highest BCUT2D eigenvalue weighted by Crippen LogP contribution is 2.31. The maximum absolute atomic E-state index is 14.2. The van der Waals surface area contributed by atoms with Gasteiger partial charge in [0.1, 0.15) is 5.56 Å². The molecule has 1 aliphatic heterocycles. The first-order valence-electron chi connectivity index (χ1n) is 7.53. The van der Waals surface area contributed by atoms with E-state index in [9.17, 15) is 22.4 Å². The molecular weight excluding hydrogens is 344 g/mol. The van der Waals surface area contributed by atoms with Gasteiger partial charge in [-0.3, -0.25) is 4.68 Å². The van der Waals surface area contributed by atoms with Crippen LogP contribution in [0.3, 0.4) is 0 Å². The fourth-order valence-electron chi connectivity index (χ4n) is 2.77. The smallest absolute Gasteiger partial charge is 0.436 e. The van der Waals surface area contributed by atoms with Crippen molar-refractivity contribution >= 4 is 11.8 Å². The van der Waals surface area contributed by atoms with E-state index in [-0.39, 0.29) is 17.9 Å². The molecule has 0 bridgehead atoms. The number of alkyl halides is 3. The Morgan fingerprint density at radius 3 is 2.48 bits per heavy atom. The van der Waals surface area contributed by atoms with Gasteiger partial charge in [-0.25, -0.2) is 14.2 Å². The number of carbonyl (C=O) groups is 1. The van der Waals surface area contributed by atoms with Gasteiger partial charge in [0.05, 0.1) is 6.54 Å². The predicted molar refractivity (Wildman–Crippen MR) is 78.9 cm³/mol. The van der Waals surface area contributed by atoms with E-state index in [1.54, 1.807) is 4.90 Å². The topological polar surface area (TPSA) is 71.2 Å². The average Bonchev–Trinajstić information content (AvgIpc) is 3.16. The number of nitrogens with zero attached hydrogens (tertiary/aromatic N) is 4. The molecule has 1 N–H and O–H groups in total. The van der Waals surface area contributed by atoms with Crippen molar-refractivity contribution in [2.75, 3.05) is 18.0 Å². The van der Waals surface area contributed by atoms with Crippen molar-refractivity contribution in [1.82, 2.24) is 14.8 Å². The SMILES string of the molecule is O=C(O)c1cn(Cc2cnc(N3CCCC3)c(F)c2)nc1C(F)(F)F. The Bertz CT molecular complexity index is 797. The van der Waals surface area contributed by atoms with Crippen molar-refractivity contribution in [2.24, 2.45) is 0 Å². The lowest BCUT2D eigenvalue weighted by Gasteiger charge is -2.17. The second kappa shape index (κ2) is 6.34. The standard InChI is InChI=1S/C15H14F4N4O2/c16-11-5-9(6-20-13(11)22-3-1-2-4-22)7-23-8-10(14(24)25)12(21-23)15(17,18)19/h5-6,8H,1-4,7H2,(H,24,25). The Morgan fingerprint density at radius 2 is 1.96 bits per heavy atom. The molecule has 3 heterocycles. The van der Waals surface area contributed by atoms with E-state index in [4.69, 9.17) is 5.11 Å². The van der Waals surface area contributed by atoms with E-state index in [2.05, 4.69) is 10.1 Å². The minimum absolute atomic E-state index is 0.212. The number of hydrogen-bond donors (Lipinski definition) is 1. The molecule has 1 saturated heterocycles. The van der Waals surface area contributed by atoms with Crippen molar-refractivity contribution < 1.29 is 27.5 Å². The van der Waals surface area contributed by atoms with Crippen LogP contribution in [-0.4, -0.2) is 38.9 Å². The number of anilines is 1. The number of carboxylic acids is 1. The number of pyridine rings is 1. The number of hydrogen-bond acceptors (Lipinski definition) is 4. The average molecular weight is 358 g/mol. The van der Waals surface area contributed by atoms with E-state index in [0.717, 1.165) is 23.7 Å². The number of aromatic carboxylic acids is 1. The first kappa shape index (κ1) is 17.2. The Balaban J connectivity index is 1.85. The molecule has 2 aromatic rings. The molecule has 0 spiro atoms. The molecule has 3 rings (SSSR count). The van der Waals surface area contributed by atoms with Crippen molar-refractivity contribution in [3.63, 3.8) is 0 Å². The summed E-state index contributed by atoms with van der Waals surface area (Å²) in [7, 11) is 0. The molecule has 1 aliphatic rings. The second-order valence-corrected chi connectivity index (χ2v) is 5.74. The van der Waals surface area contributed by atoms with Crippen LogP contribution in [0.2, 0.25) is 0 Å². The van der Waals surface area contributed by atoms with Gasteiger partial charge in [0.2, 0.25) is 0 Å². The van der Waals surface area contributed by atoms with Gasteiger partial charge in [0.25, 0.3) is 0 Å². The summed E-state index contributed by atoms with van der Waals surface area (Å²) >= 11 is 0. The van der Waals surface area contributed by atoms with Gasteiger partial charge in [-0.1, -0.05) is 0 Å². The highest BCUT2D eigenvalue weighted by Gasteiger charge is 2.39. The predicted octanol–water partition coefficient (Wildman–Crippen LogP) is 2.78. The summed E-state index contributed by atoms with van der Waals surface area (Å²) in [5.74, 6) is -2.09. The van der Waals surface area contributed by atoms with Gasteiger partial charge in [-0.15, -0.1) is 0 Å². The molecule has 2 aromatic heterocycles. The Kier molecular flexibility index (Phi) is 4.36. The monoisotopic (exact) mass is 358 g/mol. The lowest BCUT2D eigenvalue weighted by molar-refractivity contribution is -0.142. The lowest BCUT2D eigenvalue weighted by Crippen LogP contribution is -2.20. The molecular formula is C15H14F4N4O2. The minimum atomic E-state index is -4.89. The van der Waals surface area contributed by atoms with Crippen molar-refractivity contribution in [2.45, 2.75) is 25.6 Å². The van der Waals surface area contributed by atoms with Crippen LogP contribution in [0.4, 0.5) is 23.4 Å². The van der Waals surface area contributed by atoms with E-state index < -0.39 is 29.2 Å². The summed E-state index contributed by atoms with van der Waals surface area (Å²) in [6.45, 7) is 1.19. The highest BCUT2D eigenvalue weighted by atomic mass is 19.4. The molecule has 0 amide bonds. The number of carboxylic acid groups (broad SMARTS) is 1. The van der Waals surface area contributed by atoms with Crippen LogP contribution < -0.4 is 4.90 Å². The van der Waals surface area contributed by atoms with Gasteiger partial charge in [-0.05, 0) is 24.5 Å². The second-order valence-electron chi connectivity index (χ2n) is 5.74. The molecule has 25 heavy (non-hydrogen) atoms. The fraction of sp³-hybridized carbons (Fsp3) is 0.400. The van der Waals surface area contributed by atoms with Crippen LogP contribution in [0.5, 0.6) is 0 Å². The first-order chi connectivity index (χ1) is 11.8. The third-order valence-electron chi connectivity index (χ3n) is 3.89. The van der Waals surface area contributed by atoms with Crippen LogP contribution >= 0.6 is 0 Å². The summed E-state index contributed by atoms with van der Waals surface area (Å²) in [5.41, 5.74) is -2.15. The summed E-state index contributed by atoms with van der Waals surface area (Å²) in [6, 6.07) is 1.18. The molecule has 0 atom stereocenters. The zero-order valence-electron chi connectivity index (χ0n) is 12.9. The molecule has 0 radical (unpaired) electrons. The number of aromatic nitrogens is 3. The van der Waals surface area contributed by atoms with Crippen LogP contribution in [0.1, 0.15) is 34.5 Å². The molecule has 6 nitrogen and oxygen atoms in total. The maximum Gasteiger partial charge on any atom is 0.436 e. The van der Waals surface area contributed by atoms with Crippen LogP contribution in [0.25, 0.3) is 0 Å². The molecule has 0 unspecified atom stereocenters. The van der Waals surface area contributed by atoms with Crippen molar-refractivity contribution in [3.8, 4) is 0 Å². The van der Waals surface area contributed by atoms with E-state index in [0.29, 0.717) is 13.1 Å². The number of rotatable bonds is 4. The first-order valence-corrected chi connectivity index (χ1v) is 7.53. The van der Waals surface area contributed by atoms with E-state index >= 15 is 0 Å². The van der Waals surface area contributed by atoms with Crippen molar-refractivity contribution in [1.29, 1.82) is 0 Å². The normalized spacial score (nSPS) is 15.0. The molecule has 134 valence electrons. The summed E-state index contributed by atoms with van der Waals surface area (Å²) < 4.78 is 53.5. The zero-order chi connectivity index (χ0) is 18.2. The fourth-order valence-corrected chi connectivity index (χ4v) is 2.77. The zero-order valence-corrected chi connectivity index (χ0v) is 12.9. The summed E-state index contributed by atoms with van der Waals surface area (Å²) in [4.78, 5) is 16.8. The number of halogens is 4. The minimum Gasteiger partial charge on any atom is -0.478 e. The van der Waals surface area contributed by atoms with Gasteiger partial charge >= 0.3 is 12.1 Å². The van der Waals surface area contributed by atoms with Gasteiger partial charge < -0.3 is 10.0 Å². The van der Waals surface area contributed by atoms with Crippen LogP contribution in [0, 0.1) is 5.82 Å². The quantitative estimate of drug-likeness (QED) is 0.851. The summed E-state index contributed by atoms with van der Waals surface area (Å²) in [5, 5.41) is 12.2. The Morgan fingerprint density at radius 1 is 1.28 bits per heavy atom. The maximum atomic E-state index is 14.2. The van der Waals surface area contributed by atoms with Crippen LogP contribution in [0.15, 0.2) is 18.5 Å². The third-order valence-corrected chi connectivity index (χ3v) is 3.89. The summed E-state index contributed by atoms with van der Waals surface area (Å²) in [6.07, 6.45) is -0.853. The Hall–Kier alpha value is -2.65. The molecule has 0 saturated carbocycles.